The number of benzene rings is 1. The molecule has 2 unspecified atom stereocenters. The van der Waals surface area contributed by atoms with Gasteiger partial charge >= 0.3 is 0 Å². The molecule has 0 heterocycles. The first-order valence-corrected chi connectivity index (χ1v) is 8.00. The maximum absolute atomic E-state index is 6.31. The van der Waals surface area contributed by atoms with Crippen LogP contribution in [-0.4, -0.2) is 12.1 Å². The lowest BCUT2D eigenvalue weighted by atomic mass is 9.83. The van der Waals surface area contributed by atoms with Crippen LogP contribution in [0, 0.1) is 12.3 Å². The molecule has 0 aliphatic carbocycles. The first kappa shape index (κ1) is 18.0. The van der Waals surface area contributed by atoms with E-state index in [9.17, 15) is 0 Å². The standard InChI is InChI=1S/C19H33NO/c1-9-15(20)17(19(6,7)8)21-16-11-10-14(12-13(16)2)18(3,4)5/h10-12,15,17H,9,20H2,1-8H3. The van der Waals surface area contributed by atoms with Crippen molar-refractivity contribution in [2.45, 2.75) is 79.4 Å². The van der Waals surface area contributed by atoms with Crippen LogP contribution in [0.3, 0.4) is 0 Å². The Hall–Kier alpha value is -1.02. The third kappa shape index (κ3) is 4.74. The Kier molecular flexibility index (Phi) is 5.49. The molecule has 0 aromatic heterocycles. The predicted molar refractivity (Wildman–Crippen MR) is 92.0 cm³/mol. The molecule has 0 amide bonds. The molecule has 2 heteroatoms. The molecular weight excluding hydrogens is 258 g/mol. The third-order valence-electron chi connectivity index (χ3n) is 4.01. The second-order valence-electron chi connectivity index (χ2n) is 8.21. The molecule has 120 valence electrons. The fourth-order valence-corrected chi connectivity index (χ4v) is 2.51. The van der Waals surface area contributed by atoms with Gasteiger partial charge < -0.3 is 10.5 Å². The van der Waals surface area contributed by atoms with Crippen LogP contribution in [0.15, 0.2) is 18.2 Å². The second kappa shape index (κ2) is 6.39. The van der Waals surface area contributed by atoms with E-state index in [1.807, 2.05) is 0 Å². The van der Waals surface area contributed by atoms with E-state index in [-0.39, 0.29) is 23.0 Å². The van der Waals surface area contributed by atoms with Crippen LogP contribution < -0.4 is 10.5 Å². The molecule has 2 atom stereocenters. The fourth-order valence-electron chi connectivity index (χ4n) is 2.51. The Morgan fingerprint density at radius 1 is 1.10 bits per heavy atom. The van der Waals surface area contributed by atoms with Crippen molar-refractivity contribution >= 4 is 0 Å². The molecule has 0 saturated heterocycles. The molecule has 1 rings (SSSR count). The summed E-state index contributed by atoms with van der Waals surface area (Å²) >= 11 is 0. The van der Waals surface area contributed by atoms with Crippen molar-refractivity contribution in [3.8, 4) is 5.75 Å². The van der Waals surface area contributed by atoms with Crippen molar-refractivity contribution in [1.29, 1.82) is 0 Å². The zero-order chi connectivity index (χ0) is 16.4. The molecular formula is C19H33NO. The van der Waals surface area contributed by atoms with Gasteiger partial charge in [-0.3, -0.25) is 0 Å². The molecule has 2 N–H and O–H groups in total. The van der Waals surface area contributed by atoms with Gasteiger partial charge in [0, 0.05) is 11.5 Å². The zero-order valence-corrected chi connectivity index (χ0v) is 15.1. The van der Waals surface area contributed by atoms with Crippen LogP contribution in [0.2, 0.25) is 0 Å². The summed E-state index contributed by atoms with van der Waals surface area (Å²) < 4.78 is 6.31. The van der Waals surface area contributed by atoms with Crippen LogP contribution in [0.5, 0.6) is 5.75 Å². The SMILES string of the molecule is CCC(N)C(Oc1ccc(C(C)(C)C)cc1C)C(C)(C)C. The van der Waals surface area contributed by atoms with E-state index < -0.39 is 0 Å². The van der Waals surface area contributed by atoms with E-state index >= 15 is 0 Å². The van der Waals surface area contributed by atoms with Gasteiger partial charge in [0.05, 0.1) is 0 Å². The highest BCUT2D eigenvalue weighted by Gasteiger charge is 2.31. The van der Waals surface area contributed by atoms with Gasteiger partial charge in [-0.15, -0.1) is 0 Å². The van der Waals surface area contributed by atoms with E-state index in [4.69, 9.17) is 10.5 Å². The lowest BCUT2D eigenvalue weighted by molar-refractivity contribution is 0.0615. The first-order chi connectivity index (χ1) is 9.46. The molecule has 0 fully saturated rings. The van der Waals surface area contributed by atoms with Crippen LogP contribution in [-0.2, 0) is 5.41 Å². The average molecular weight is 291 g/mol. The van der Waals surface area contributed by atoms with Gasteiger partial charge in [0.1, 0.15) is 11.9 Å². The molecule has 0 aliphatic heterocycles. The number of nitrogens with two attached hydrogens (primary N) is 1. The minimum Gasteiger partial charge on any atom is -0.488 e. The van der Waals surface area contributed by atoms with Crippen molar-refractivity contribution in [1.82, 2.24) is 0 Å². The highest BCUT2D eigenvalue weighted by atomic mass is 16.5. The number of rotatable bonds is 4. The van der Waals surface area contributed by atoms with Gasteiger partial charge in [-0.05, 0) is 36.0 Å². The molecule has 0 saturated carbocycles. The zero-order valence-electron chi connectivity index (χ0n) is 15.1. The van der Waals surface area contributed by atoms with Crippen LogP contribution in [0.4, 0.5) is 0 Å². The lowest BCUT2D eigenvalue weighted by Gasteiger charge is -2.35. The summed E-state index contributed by atoms with van der Waals surface area (Å²) in [6.45, 7) is 17.5. The minimum atomic E-state index is 0.0155. The average Bonchev–Trinajstić information content (AvgIpc) is 2.33. The monoisotopic (exact) mass is 291 g/mol. The van der Waals surface area contributed by atoms with Gasteiger partial charge in [-0.25, -0.2) is 0 Å². The second-order valence-corrected chi connectivity index (χ2v) is 8.21. The summed E-state index contributed by atoms with van der Waals surface area (Å²) in [4.78, 5) is 0. The van der Waals surface area contributed by atoms with Gasteiger partial charge in [0.2, 0.25) is 0 Å². The summed E-state index contributed by atoms with van der Waals surface area (Å²) in [6.07, 6.45) is 0.933. The minimum absolute atomic E-state index is 0.0155. The van der Waals surface area contributed by atoms with E-state index in [1.54, 1.807) is 0 Å². The Morgan fingerprint density at radius 2 is 1.67 bits per heavy atom. The molecule has 0 spiro atoms. The molecule has 21 heavy (non-hydrogen) atoms. The maximum atomic E-state index is 6.31. The maximum Gasteiger partial charge on any atom is 0.122 e. The number of hydrogen-bond donors (Lipinski definition) is 1. The molecule has 1 aromatic carbocycles. The van der Waals surface area contributed by atoms with E-state index in [0.29, 0.717) is 0 Å². The van der Waals surface area contributed by atoms with Crippen molar-refractivity contribution in [2.24, 2.45) is 11.1 Å². The lowest BCUT2D eigenvalue weighted by Crippen LogP contribution is -2.47. The summed E-state index contributed by atoms with van der Waals surface area (Å²) in [5, 5.41) is 0. The van der Waals surface area contributed by atoms with E-state index in [0.717, 1.165) is 12.2 Å². The molecule has 0 aliphatic rings. The first-order valence-electron chi connectivity index (χ1n) is 8.00. The topological polar surface area (TPSA) is 35.2 Å². The molecule has 1 aromatic rings. The van der Waals surface area contributed by atoms with Crippen molar-refractivity contribution in [3.05, 3.63) is 29.3 Å². The normalized spacial score (nSPS) is 15.7. The molecule has 0 radical (unpaired) electrons. The Morgan fingerprint density at radius 3 is 2.05 bits per heavy atom. The fraction of sp³-hybridized carbons (Fsp3) is 0.684. The van der Waals surface area contributed by atoms with Gasteiger partial charge in [0.15, 0.2) is 0 Å². The van der Waals surface area contributed by atoms with Crippen LogP contribution >= 0.6 is 0 Å². The van der Waals surface area contributed by atoms with Crippen LogP contribution in [0.1, 0.15) is 66.0 Å². The highest BCUT2D eigenvalue weighted by Crippen LogP contribution is 2.32. The Labute approximate surface area is 131 Å². The Balaban J connectivity index is 3.06. The van der Waals surface area contributed by atoms with Crippen molar-refractivity contribution in [2.75, 3.05) is 0 Å². The van der Waals surface area contributed by atoms with Crippen molar-refractivity contribution < 1.29 is 4.74 Å². The van der Waals surface area contributed by atoms with E-state index in [1.165, 1.54) is 11.1 Å². The molecule has 0 bridgehead atoms. The van der Waals surface area contributed by atoms with Gasteiger partial charge in [0.25, 0.3) is 0 Å². The van der Waals surface area contributed by atoms with Gasteiger partial charge in [-0.1, -0.05) is 60.6 Å². The summed E-state index contributed by atoms with van der Waals surface area (Å²) in [7, 11) is 0. The summed E-state index contributed by atoms with van der Waals surface area (Å²) in [5.41, 5.74) is 8.97. The van der Waals surface area contributed by atoms with Crippen molar-refractivity contribution in [3.63, 3.8) is 0 Å². The van der Waals surface area contributed by atoms with Gasteiger partial charge in [-0.2, -0.15) is 0 Å². The Bertz CT molecular complexity index is 465. The van der Waals surface area contributed by atoms with Crippen LogP contribution in [0.25, 0.3) is 0 Å². The predicted octanol–water partition coefficient (Wildman–Crippen LogP) is 4.82. The largest absolute Gasteiger partial charge is 0.488 e. The quantitative estimate of drug-likeness (QED) is 0.863. The molecule has 2 nitrogen and oxygen atoms in total. The highest BCUT2D eigenvalue weighted by molar-refractivity contribution is 5.39. The third-order valence-corrected chi connectivity index (χ3v) is 4.01. The summed E-state index contributed by atoms with van der Waals surface area (Å²) in [6, 6.07) is 6.54. The van der Waals surface area contributed by atoms with E-state index in [2.05, 4.69) is 73.6 Å². The summed E-state index contributed by atoms with van der Waals surface area (Å²) in [5.74, 6) is 0.951. The number of hydrogen-bond acceptors (Lipinski definition) is 2. The smallest absolute Gasteiger partial charge is 0.122 e. The number of ether oxygens (including phenoxy) is 1. The number of aryl methyl sites for hydroxylation is 1.